The number of anilines is 2. The fraction of sp³-hybridized carbons (Fsp3) is 0.208. The maximum absolute atomic E-state index is 12.6. The van der Waals surface area contributed by atoms with Gasteiger partial charge in [0.15, 0.2) is 0 Å². The predicted molar refractivity (Wildman–Crippen MR) is 115 cm³/mol. The number of hydrogen-bond acceptors (Lipinski definition) is 3. The quantitative estimate of drug-likeness (QED) is 0.569. The number of benzene rings is 3. The number of rotatable bonds is 6. The van der Waals surface area contributed by atoms with Gasteiger partial charge in [-0.15, -0.1) is 0 Å². The summed E-state index contributed by atoms with van der Waals surface area (Å²) in [7, 11) is 0. The minimum Gasteiger partial charge on any atom is -0.457 e. The van der Waals surface area contributed by atoms with Crippen molar-refractivity contribution >= 4 is 17.3 Å². The molecule has 0 spiro atoms. The van der Waals surface area contributed by atoms with Crippen molar-refractivity contribution in [3.8, 4) is 11.5 Å². The van der Waals surface area contributed by atoms with Crippen LogP contribution >= 0.6 is 0 Å². The highest BCUT2D eigenvalue weighted by Crippen LogP contribution is 2.24. The van der Waals surface area contributed by atoms with Gasteiger partial charge in [0, 0.05) is 11.4 Å². The number of ether oxygens (including phenoxy) is 1. The summed E-state index contributed by atoms with van der Waals surface area (Å²) in [6.45, 7) is 7.93. The average molecular weight is 374 g/mol. The molecule has 0 bridgehead atoms. The van der Waals surface area contributed by atoms with Crippen molar-refractivity contribution in [2.45, 2.75) is 33.7 Å². The van der Waals surface area contributed by atoms with Gasteiger partial charge in [0.25, 0.3) is 0 Å². The molecule has 1 amide bonds. The lowest BCUT2D eigenvalue weighted by Gasteiger charge is -2.18. The third kappa shape index (κ3) is 4.92. The van der Waals surface area contributed by atoms with Gasteiger partial charge in [0.2, 0.25) is 5.91 Å². The summed E-state index contributed by atoms with van der Waals surface area (Å²) in [4.78, 5) is 12.6. The van der Waals surface area contributed by atoms with E-state index in [1.54, 1.807) is 0 Å². The van der Waals surface area contributed by atoms with Crippen molar-refractivity contribution < 1.29 is 9.53 Å². The van der Waals surface area contributed by atoms with Gasteiger partial charge >= 0.3 is 0 Å². The van der Waals surface area contributed by atoms with Gasteiger partial charge in [-0.1, -0.05) is 35.9 Å². The summed E-state index contributed by atoms with van der Waals surface area (Å²) in [5.74, 6) is 1.47. The first-order chi connectivity index (χ1) is 13.4. The van der Waals surface area contributed by atoms with Crippen LogP contribution in [0.4, 0.5) is 11.4 Å². The number of carbonyl (C=O) groups excluding carboxylic acids is 1. The van der Waals surface area contributed by atoms with Crippen molar-refractivity contribution in [2.24, 2.45) is 0 Å². The molecule has 28 heavy (non-hydrogen) atoms. The van der Waals surface area contributed by atoms with Crippen molar-refractivity contribution in [2.75, 3.05) is 10.6 Å². The van der Waals surface area contributed by atoms with Crippen LogP contribution in [0.3, 0.4) is 0 Å². The molecule has 0 saturated carbocycles. The van der Waals surface area contributed by atoms with Gasteiger partial charge in [0.05, 0.1) is 0 Å². The molecule has 0 fully saturated rings. The van der Waals surface area contributed by atoms with Crippen molar-refractivity contribution in [3.05, 3.63) is 83.4 Å². The molecule has 144 valence electrons. The molecule has 3 aromatic rings. The summed E-state index contributed by atoms with van der Waals surface area (Å²) in [6, 6.07) is 21.0. The molecule has 3 rings (SSSR count). The Balaban J connectivity index is 1.61. The molecule has 4 nitrogen and oxygen atoms in total. The van der Waals surface area contributed by atoms with Crippen molar-refractivity contribution in [1.82, 2.24) is 0 Å². The summed E-state index contributed by atoms with van der Waals surface area (Å²) < 4.78 is 5.79. The van der Waals surface area contributed by atoms with E-state index in [9.17, 15) is 4.79 Å². The maximum atomic E-state index is 12.6. The first-order valence-electron chi connectivity index (χ1n) is 9.40. The molecule has 0 aliphatic heterocycles. The van der Waals surface area contributed by atoms with Crippen LogP contribution in [0.25, 0.3) is 0 Å². The zero-order chi connectivity index (χ0) is 20.1. The Morgan fingerprint density at radius 3 is 2.04 bits per heavy atom. The molecule has 3 aromatic carbocycles. The second kappa shape index (κ2) is 8.61. The molecular weight excluding hydrogens is 348 g/mol. The molecule has 0 radical (unpaired) electrons. The fourth-order valence-corrected chi connectivity index (χ4v) is 3.17. The second-order valence-corrected chi connectivity index (χ2v) is 7.07. The second-order valence-electron chi connectivity index (χ2n) is 7.07. The number of nitrogens with one attached hydrogen (secondary N) is 2. The fourth-order valence-electron chi connectivity index (χ4n) is 3.17. The lowest BCUT2D eigenvalue weighted by atomic mass is 10.0. The first-order valence-corrected chi connectivity index (χ1v) is 9.40. The summed E-state index contributed by atoms with van der Waals surface area (Å²) >= 11 is 0. The van der Waals surface area contributed by atoms with E-state index in [1.807, 2.05) is 75.4 Å². The largest absolute Gasteiger partial charge is 0.457 e. The van der Waals surface area contributed by atoms with E-state index in [0.717, 1.165) is 34.0 Å². The Labute approximate surface area is 166 Å². The number of hydrogen-bond donors (Lipinski definition) is 2. The van der Waals surface area contributed by atoms with Gasteiger partial charge in [-0.05, 0) is 75.2 Å². The van der Waals surface area contributed by atoms with E-state index in [2.05, 4.69) is 29.7 Å². The molecule has 0 aliphatic rings. The molecule has 1 unspecified atom stereocenters. The van der Waals surface area contributed by atoms with Gasteiger partial charge < -0.3 is 15.4 Å². The topological polar surface area (TPSA) is 50.4 Å². The van der Waals surface area contributed by atoms with Gasteiger partial charge in [-0.2, -0.15) is 0 Å². The maximum Gasteiger partial charge on any atom is 0.246 e. The first kappa shape index (κ1) is 19.5. The molecule has 4 heteroatoms. The van der Waals surface area contributed by atoms with Crippen LogP contribution in [0.15, 0.2) is 66.7 Å². The lowest BCUT2D eigenvalue weighted by molar-refractivity contribution is -0.116. The zero-order valence-electron chi connectivity index (χ0n) is 16.7. The van der Waals surface area contributed by atoms with Gasteiger partial charge in [-0.3, -0.25) is 4.79 Å². The van der Waals surface area contributed by atoms with E-state index < -0.39 is 0 Å². The number of amides is 1. The van der Waals surface area contributed by atoms with Crippen LogP contribution < -0.4 is 15.4 Å². The Hall–Kier alpha value is -3.27. The molecule has 0 aromatic heterocycles. The predicted octanol–water partition coefficient (Wildman–Crippen LogP) is 5.84. The smallest absolute Gasteiger partial charge is 0.246 e. The lowest BCUT2D eigenvalue weighted by Crippen LogP contribution is -2.32. The molecule has 2 N–H and O–H groups in total. The third-order valence-corrected chi connectivity index (χ3v) is 4.53. The van der Waals surface area contributed by atoms with E-state index in [-0.39, 0.29) is 11.9 Å². The average Bonchev–Trinajstić information content (AvgIpc) is 2.67. The monoisotopic (exact) mass is 374 g/mol. The Bertz CT molecular complexity index is 927. The number of carbonyl (C=O) groups is 1. The molecule has 0 heterocycles. The normalized spacial score (nSPS) is 11.6. The van der Waals surface area contributed by atoms with Crippen LogP contribution in [0.2, 0.25) is 0 Å². The Kier molecular flexibility index (Phi) is 5.99. The Morgan fingerprint density at radius 1 is 0.857 bits per heavy atom. The number of aryl methyl sites for hydroxylation is 3. The minimum atomic E-state index is -0.374. The minimum absolute atomic E-state index is 0.0698. The zero-order valence-corrected chi connectivity index (χ0v) is 16.7. The standard InChI is InChI=1S/C24H26N2O2/c1-16-14-17(2)23(18(3)15-16)26-24(27)19(4)25-20-10-12-22(13-11-20)28-21-8-6-5-7-9-21/h5-15,19,25H,1-4H3,(H,26,27). The molecule has 0 aliphatic carbocycles. The van der Waals surface area contributed by atoms with Crippen molar-refractivity contribution in [1.29, 1.82) is 0 Å². The van der Waals surface area contributed by atoms with Gasteiger partial charge in [-0.25, -0.2) is 0 Å². The highest BCUT2D eigenvalue weighted by molar-refractivity contribution is 5.97. The third-order valence-electron chi connectivity index (χ3n) is 4.53. The van der Waals surface area contributed by atoms with Crippen LogP contribution in [-0.4, -0.2) is 11.9 Å². The van der Waals surface area contributed by atoms with Gasteiger partial charge in [0.1, 0.15) is 17.5 Å². The van der Waals surface area contributed by atoms with Crippen molar-refractivity contribution in [3.63, 3.8) is 0 Å². The van der Waals surface area contributed by atoms with Crippen LogP contribution in [0, 0.1) is 20.8 Å². The van der Waals surface area contributed by atoms with Crippen LogP contribution in [0.1, 0.15) is 23.6 Å². The summed E-state index contributed by atoms with van der Waals surface area (Å²) in [5, 5.41) is 6.28. The van der Waals surface area contributed by atoms with E-state index in [1.165, 1.54) is 5.56 Å². The SMILES string of the molecule is Cc1cc(C)c(NC(=O)C(C)Nc2ccc(Oc3ccccc3)cc2)c(C)c1. The van der Waals surface area contributed by atoms with E-state index in [0.29, 0.717) is 0 Å². The van der Waals surface area contributed by atoms with E-state index >= 15 is 0 Å². The van der Waals surface area contributed by atoms with Crippen LogP contribution in [0.5, 0.6) is 11.5 Å². The summed E-state index contributed by atoms with van der Waals surface area (Å²) in [5.41, 5.74) is 5.08. The molecular formula is C24H26N2O2. The van der Waals surface area contributed by atoms with Crippen LogP contribution in [-0.2, 0) is 4.79 Å². The molecule has 1 atom stereocenters. The molecule has 0 saturated heterocycles. The summed E-state index contributed by atoms with van der Waals surface area (Å²) in [6.07, 6.45) is 0. The highest BCUT2D eigenvalue weighted by atomic mass is 16.5. The van der Waals surface area contributed by atoms with E-state index in [4.69, 9.17) is 4.74 Å². The Morgan fingerprint density at radius 2 is 1.43 bits per heavy atom. The highest BCUT2D eigenvalue weighted by Gasteiger charge is 2.15. The number of para-hydroxylation sites is 1.